The summed E-state index contributed by atoms with van der Waals surface area (Å²) in [5.74, 6) is 0.665. The molecule has 1 saturated heterocycles. The first-order valence-corrected chi connectivity index (χ1v) is 8.42. The fourth-order valence-corrected chi connectivity index (χ4v) is 5.43. The van der Waals surface area contributed by atoms with Gasteiger partial charge in [-0.3, -0.25) is 0 Å². The highest BCUT2D eigenvalue weighted by atomic mass is 32.2. The number of aliphatic imine (C=N–C) groups is 1. The Kier molecular flexibility index (Phi) is 2.17. The molecule has 4 aliphatic rings. The molecule has 1 aromatic heterocycles. The number of quaternary nitrogens is 1. The van der Waals surface area contributed by atoms with Crippen molar-refractivity contribution in [3.63, 3.8) is 0 Å². The van der Waals surface area contributed by atoms with Crippen LogP contribution < -0.4 is 10.2 Å². The Bertz CT molecular complexity index is 745. The molecule has 2 saturated carbocycles. The van der Waals surface area contributed by atoms with Gasteiger partial charge in [0, 0.05) is 18.4 Å². The quantitative estimate of drug-likeness (QED) is 0.315. The number of piperidine rings is 1. The lowest BCUT2D eigenvalue weighted by Crippen LogP contribution is -2.81. The highest BCUT2D eigenvalue weighted by molar-refractivity contribution is 7.98. The molecule has 7 atom stereocenters. The van der Waals surface area contributed by atoms with Gasteiger partial charge < -0.3 is 21.1 Å². The van der Waals surface area contributed by atoms with Crippen LogP contribution in [0, 0.1) is 17.8 Å². The largest absolute Gasteiger partial charge is 0.396 e. The van der Waals surface area contributed by atoms with Crippen LogP contribution in [0.5, 0.6) is 0 Å². The third-order valence-electron chi connectivity index (χ3n) is 5.91. The second-order valence-corrected chi connectivity index (χ2v) is 7.23. The number of anilines is 1. The smallest absolute Gasteiger partial charge is 0.269 e. The van der Waals surface area contributed by atoms with Crippen LogP contribution in [0.15, 0.2) is 10.1 Å². The number of hydrogen-bond acceptors (Lipinski definition) is 8. The molecular weight excluding hydrogens is 306 g/mol. The van der Waals surface area contributed by atoms with Crippen LogP contribution in [0.4, 0.5) is 17.3 Å². The van der Waals surface area contributed by atoms with Gasteiger partial charge >= 0.3 is 0 Å². The van der Waals surface area contributed by atoms with Crippen LogP contribution in [0.1, 0.15) is 0 Å². The van der Waals surface area contributed by atoms with Crippen molar-refractivity contribution >= 4 is 35.4 Å². The number of nitrogens with two attached hydrogens (primary N) is 1. The summed E-state index contributed by atoms with van der Waals surface area (Å²) in [6.07, 6.45) is 2.50. The van der Waals surface area contributed by atoms with Crippen molar-refractivity contribution in [3.05, 3.63) is 0 Å². The van der Waals surface area contributed by atoms with Crippen molar-refractivity contribution in [2.75, 3.05) is 18.6 Å². The number of nitrogens with zero attached hydrogens (tertiary/aromatic N) is 4. The van der Waals surface area contributed by atoms with Crippen LogP contribution in [0.2, 0.25) is 0 Å². The third-order valence-corrected chi connectivity index (χ3v) is 6.46. The van der Waals surface area contributed by atoms with Crippen LogP contribution in [0.25, 0.3) is 0 Å². The van der Waals surface area contributed by atoms with Gasteiger partial charge in [0.05, 0.1) is 0 Å². The van der Waals surface area contributed by atoms with Crippen LogP contribution in [0.3, 0.4) is 0 Å². The number of hydrogen-bond donors (Lipinski definition) is 4. The lowest BCUT2D eigenvalue weighted by atomic mass is 9.83. The first-order valence-electron chi connectivity index (χ1n) is 7.19. The predicted molar refractivity (Wildman–Crippen MR) is 80.5 cm³/mol. The number of thioether (sulfide) groups is 1. The van der Waals surface area contributed by atoms with E-state index in [1.54, 1.807) is 6.34 Å². The van der Waals surface area contributed by atoms with Crippen LogP contribution in [-0.4, -0.2) is 62.4 Å². The molecule has 116 valence electrons. The number of aliphatic hydroxyl groups excluding tert-OH is 2. The molecule has 0 bridgehead atoms. The fourth-order valence-electron chi connectivity index (χ4n) is 5.06. The minimum Gasteiger partial charge on any atom is -0.396 e. The Balaban J connectivity index is 1.70. The van der Waals surface area contributed by atoms with Gasteiger partial charge in [0.25, 0.3) is 5.82 Å². The van der Waals surface area contributed by atoms with E-state index in [2.05, 4.69) is 15.0 Å². The molecule has 5 N–H and O–H groups in total. The van der Waals surface area contributed by atoms with E-state index in [9.17, 15) is 15.3 Å². The molecule has 3 fully saturated rings. The number of rotatable bonds is 2. The van der Waals surface area contributed by atoms with Crippen molar-refractivity contribution in [1.29, 1.82) is 0 Å². The third kappa shape index (κ3) is 1.03. The second-order valence-electron chi connectivity index (χ2n) is 6.46. The average Bonchev–Trinajstić information content (AvgIpc) is 2.97. The van der Waals surface area contributed by atoms with E-state index in [1.807, 2.05) is 6.26 Å². The maximum atomic E-state index is 11.2. The van der Waals surface area contributed by atoms with E-state index in [-0.39, 0.29) is 40.7 Å². The van der Waals surface area contributed by atoms with E-state index in [0.29, 0.717) is 16.7 Å². The molecule has 2 aliphatic carbocycles. The van der Waals surface area contributed by atoms with E-state index in [0.717, 1.165) is 0 Å². The summed E-state index contributed by atoms with van der Waals surface area (Å²) in [6.45, 7) is -0.118. The van der Waals surface area contributed by atoms with E-state index < -0.39 is 11.8 Å². The molecule has 22 heavy (non-hydrogen) atoms. The molecule has 1 aromatic rings. The molecular formula is C13H16N5O3S+. The summed E-state index contributed by atoms with van der Waals surface area (Å²) < 4.78 is 0.0373. The van der Waals surface area contributed by atoms with Gasteiger partial charge in [-0.1, -0.05) is 11.8 Å². The van der Waals surface area contributed by atoms with Crippen LogP contribution in [-0.2, 0) is 0 Å². The lowest BCUT2D eigenvalue weighted by Gasteiger charge is -2.54. The summed E-state index contributed by atoms with van der Waals surface area (Å²) in [6, 6.07) is 0.111. The summed E-state index contributed by atoms with van der Waals surface area (Å²) in [4.78, 5) is 13.0. The maximum absolute atomic E-state index is 11.2. The Labute approximate surface area is 130 Å². The van der Waals surface area contributed by atoms with E-state index in [1.165, 1.54) is 11.8 Å². The molecule has 0 amide bonds. The van der Waals surface area contributed by atoms with Crippen molar-refractivity contribution < 1.29 is 15.3 Å². The Morgan fingerprint density at radius 1 is 1.45 bits per heavy atom. The summed E-state index contributed by atoms with van der Waals surface area (Å²) in [5.41, 5.74) is 5.08. The van der Waals surface area contributed by atoms with E-state index >= 15 is 0 Å². The van der Waals surface area contributed by atoms with Gasteiger partial charge in [-0.15, -0.1) is 0 Å². The summed E-state index contributed by atoms with van der Waals surface area (Å²) in [5, 5.41) is 31.7. The van der Waals surface area contributed by atoms with Gasteiger partial charge in [-0.05, 0) is 6.26 Å². The SMILES string of the molecule is CSc1nc(N)c2c(n1)[N+]1(C=N2)C2C3C(CO)C(O)C1(O)C32. The zero-order valence-corrected chi connectivity index (χ0v) is 12.6. The number of nitrogen functional groups attached to an aromatic ring is 1. The fraction of sp³-hybridized carbons (Fsp3) is 0.615. The Morgan fingerprint density at radius 3 is 2.86 bits per heavy atom. The van der Waals surface area contributed by atoms with Crippen LogP contribution >= 0.6 is 11.8 Å². The summed E-state index contributed by atoms with van der Waals surface area (Å²) >= 11 is 1.37. The highest BCUT2D eigenvalue weighted by Crippen LogP contribution is 2.78. The summed E-state index contributed by atoms with van der Waals surface area (Å²) in [7, 11) is 0. The molecule has 5 rings (SSSR count). The molecule has 0 radical (unpaired) electrons. The van der Waals surface area contributed by atoms with E-state index in [4.69, 9.17) is 5.73 Å². The van der Waals surface area contributed by atoms with Gasteiger partial charge in [-0.2, -0.15) is 14.5 Å². The molecule has 1 spiro atoms. The van der Waals surface area contributed by atoms with Gasteiger partial charge in [0.1, 0.15) is 18.1 Å². The molecule has 2 aliphatic heterocycles. The number of fused-ring (bicyclic) bond motifs is 5. The molecule has 7 unspecified atom stereocenters. The van der Waals surface area contributed by atoms with Gasteiger partial charge in [-0.25, -0.2) is 4.98 Å². The number of aliphatic hydroxyl groups is 3. The van der Waals surface area contributed by atoms with Gasteiger partial charge in [0.2, 0.25) is 5.72 Å². The van der Waals surface area contributed by atoms with Crippen molar-refractivity contribution in [1.82, 2.24) is 14.5 Å². The topological polar surface area (TPSA) is 125 Å². The normalized spacial score (nSPS) is 49.2. The van der Waals surface area contributed by atoms with Crippen molar-refractivity contribution in [2.24, 2.45) is 22.7 Å². The minimum absolute atomic E-state index is 0.00836. The first-order chi connectivity index (χ1) is 10.5. The Hall–Kier alpha value is -1.26. The average molecular weight is 322 g/mol. The molecule has 3 heterocycles. The zero-order valence-electron chi connectivity index (χ0n) is 11.8. The molecule has 9 heteroatoms. The molecule has 0 aromatic carbocycles. The lowest BCUT2D eigenvalue weighted by molar-refractivity contribution is -0.217. The maximum Gasteiger partial charge on any atom is 0.269 e. The Morgan fingerprint density at radius 2 is 2.23 bits per heavy atom. The van der Waals surface area contributed by atoms with Crippen molar-refractivity contribution in [3.8, 4) is 0 Å². The zero-order chi connectivity index (χ0) is 15.4. The predicted octanol–water partition coefficient (Wildman–Crippen LogP) is -0.939. The standard InChI is InChI=1S/C13H16N5O3S/c1-22-12-16-10(14)7-11(17-12)18(3-15-7)8-5-4(2-19)9(20)13(18,21)6(5)8/h3-6,8-9,19-21H,2H2,1H3,(H2,14,16,17)/q+1. The second kappa shape index (κ2) is 3.62. The number of aromatic nitrogens is 2. The van der Waals surface area contributed by atoms with Gasteiger partial charge in [0.15, 0.2) is 23.0 Å². The minimum atomic E-state index is -1.37. The molecule has 8 nitrogen and oxygen atoms in total. The highest BCUT2D eigenvalue weighted by Gasteiger charge is 2.98. The first kappa shape index (κ1) is 13.2. The monoisotopic (exact) mass is 322 g/mol. The van der Waals surface area contributed by atoms with Crippen molar-refractivity contribution in [2.45, 2.75) is 23.0 Å².